The molecule has 0 radical (unpaired) electrons. The fraction of sp³-hybridized carbons (Fsp3) is 0.429. The molecule has 2 aromatic rings. The first-order valence-electron chi connectivity index (χ1n) is 6.56. The van der Waals surface area contributed by atoms with Gasteiger partial charge in [-0.3, -0.25) is 0 Å². The third-order valence-corrected chi connectivity index (χ3v) is 3.84. The summed E-state index contributed by atoms with van der Waals surface area (Å²) in [6.45, 7) is 1.93. The number of para-hydroxylation sites is 2. The van der Waals surface area contributed by atoms with Crippen molar-refractivity contribution >= 4 is 28.5 Å². The van der Waals surface area contributed by atoms with Crippen LogP contribution in [-0.2, 0) is 0 Å². The summed E-state index contributed by atoms with van der Waals surface area (Å²) in [6, 6.07) is 7.72. The van der Waals surface area contributed by atoms with E-state index in [1.807, 2.05) is 24.3 Å². The summed E-state index contributed by atoms with van der Waals surface area (Å²) >= 11 is 6.25. The summed E-state index contributed by atoms with van der Waals surface area (Å²) in [4.78, 5) is 11.1. The van der Waals surface area contributed by atoms with Gasteiger partial charge in [0.1, 0.15) is 0 Å². The summed E-state index contributed by atoms with van der Waals surface area (Å²) in [7, 11) is 0. The number of fused-ring (bicyclic) bond motifs is 1. The quantitative estimate of drug-likeness (QED) is 0.916. The number of hydrogen-bond acceptors (Lipinski definition) is 4. The van der Waals surface area contributed by atoms with Crippen molar-refractivity contribution in [2.75, 3.05) is 24.6 Å². The average Bonchev–Trinajstić information content (AvgIpc) is 2.46. The molecule has 1 aromatic heterocycles. The van der Waals surface area contributed by atoms with E-state index in [1.165, 1.54) is 0 Å². The van der Waals surface area contributed by atoms with Crippen LogP contribution in [0.5, 0.6) is 0 Å². The van der Waals surface area contributed by atoms with Crippen LogP contribution in [0.15, 0.2) is 24.3 Å². The largest absolute Gasteiger partial charge is 0.396 e. The molecule has 1 unspecified atom stereocenters. The van der Waals surface area contributed by atoms with Crippen LogP contribution in [-0.4, -0.2) is 34.8 Å². The Morgan fingerprint density at radius 3 is 2.74 bits per heavy atom. The molecule has 1 N–H and O–H groups in total. The highest BCUT2D eigenvalue weighted by Gasteiger charge is 2.22. The SMILES string of the molecule is OCC1CCCN(c2nc3ccccc3nc2Cl)C1. The predicted octanol–water partition coefficient (Wildman–Crippen LogP) is 2.49. The molecular formula is C14H16ClN3O. The summed E-state index contributed by atoms with van der Waals surface area (Å²) < 4.78 is 0. The van der Waals surface area contributed by atoms with E-state index in [2.05, 4.69) is 14.9 Å². The maximum absolute atomic E-state index is 9.30. The predicted molar refractivity (Wildman–Crippen MR) is 76.6 cm³/mol. The zero-order valence-electron chi connectivity index (χ0n) is 10.6. The second-order valence-corrected chi connectivity index (χ2v) is 5.32. The van der Waals surface area contributed by atoms with Crippen LogP contribution in [0.3, 0.4) is 0 Å². The molecular weight excluding hydrogens is 262 g/mol. The number of aliphatic hydroxyl groups excluding tert-OH is 1. The topological polar surface area (TPSA) is 49.2 Å². The second kappa shape index (κ2) is 5.31. The molecule has 0 bridgehead atoms. The lowest BCUT2D eigenvalue weighted by atomic mass is 9.99. The van der Waals surface area contributed by atoms with Gasteiger partial charge in [-0.15, -0.1) is 0 Å². The highest BCUT2D eigenvalue weighted by molar-refractivity contribution is 6.32. The standard InChI is InChI=1S/C14H16ClN3O/c15-13-14(18-7-3-4-10(8-18)9-19)17-12-6-2-1-5-11(12)16-13/h1-2,5-6,10,19H,3-4,7-9H2. The number of benzene rings is 1. The van der Waals surface area contributed by atoms with Gasteiger partial charge in [0.05, 0.1) is 11.0 Å². The van der Waals surface area contributed by atoms with Crippen molar-refractivity contribution in [2.45, 2.75) is 12.8 Å². The molecule has 1 fully saturated rings. The van der Waals surface area contributed by atoms with E-state index in [0.717, 1.165) is 42.8 Å². The molecule has 0 spiro atoms. The van der Waals surface area contributed by atoms with E-state index in [0.29, 0.717) is 11.1 Å². The number of aliphatic hydroxyl groups is 1. The van der Waals surface area contributed by atoms with Gasteiger partial charge in [-0.1, -0.05) is 23.7 Å². The van der Waals surface area contributed by atoms with Crippen molar-refractivity contribution < 1.29 is 5.11 Å². The van der Waals surface area contributed by atoms with Gasteiger partial charge in [0.2, 0.25) is 0 Å². The first-order valence-corrected chi connectivity index (χ1v) is 6.94. The van der Waals surface area contributed by atoms with Crippen molar-refractivity contribution in [2.24, 2.45) is 5.92 Å². The van der Waals surface area contributed by atoms with Gasteiger partial charge in [0, 0.05) is 19.7 Å². The van der Waals surface area contributed by atoms with Crippen LogP contribution in [0, 0.1) is 5.92 Å². The van der Waals surface area contributed by atoms with Gasteiger partial charge in [-0.05, 0) is 30.9 Å². The number of halogens is 1. The summed E-state index contributed by atoms with van der Waals surface area (Å²) in [5.74, 6) is 1.04. The lowest BCUT2D eigenvalue weighted by molar-refractivity contribution is 0.208. The van der Waals surface area contributed by atoms with Crippen molar-refractivity contribution in [3.8, 4) is 0 Å². The Kier molecular flexibility index (Phi) is 3.53. The van der Waals surface area contributed by atoms with Crippen LogP contribution < -0.4 is 4.90 Å². The van der Waals surface area contributed by atoms with Gasteiger partial charge < -0.3 is 10.0 Å². The number of anilines is 1. The van der Waals surface area contributed by atoms with E-state index in [1.54, 1.807) is 0 Å². The zero-order valence-corrected chi connectivity index (χ0v) is 11.3. The molecule has 3 rings (SSSR count). The third kappa shape index (κ3) is 2.51. The van der Waals surface area contributed by atoms with E-state index in [-0.39, 0.29) is 6.61 Å². The molecule has 19 heavy (non-hydrogen) atoms. The molecule has 1 aliphatic rings. The van der Waals surface area contributed by atoms with Gasteiger partial charge in [-0.2, -0.15) is 0 Å². The van der Waals surface area contributed by atoms with Crippen molar-refractivity contribution in [3.63, 3.8) is 0 Å². The number of aromatic nitrogens is 2. The van der Waals surface area contributed by atoms with Crippen LogP contribution in [0.1, 0.15) is 12.8 Å². The Morgan fingerprint density at radius 2 is 2.00 bits per heavy atom. The minimum Gasteiger partial charge on any atom is -0.396 e. The first-order chi connectivity index (χ1) is 9.28. The Labute approximate surface area is 117 Å². The normalized spacial score (nSPS) is 19.9. The molecule has 1 aromatic carbocycles. The Balaban J connectivity index is 1.97. The maximum atomic E-state index is 9.30. The van der Waals surface area contributed by atoms with E-state index in [4.69, 9.17) is 11.6 Å². The Morgan fingerprint density at radius 1 is 1.26 bits per heavy atom. The molecule has 1 atom stereocenters. The third-order valence-electron chi connectivity index (χ3n) is 3.59. The van der Waals surface area contributed by atoms with E-state index in [9.17, 15) is 5.11 Å². The minimum atomic E-state index is 0.217. The molecule has 0 amide bonds. The highest BCUT2D eigenvalue weighted by Crippen LogP contribution is 2.28. The monoisotopic (exact) mass is 277 g/mol. The van der Waals surface area contributed by atoms with E-state index >= 15 is 0 Å². The molecule has 0 aliphatic carbocycles. The Bertz CT molecular complexity index is 590. The van der Waals surface area contributed by atoms with Crippen LogP contribution in [0.4, 0.5) is 5.82 Å². The van der Waals surface area contributed by atoms with Crippen molar-refractivity contribution in [1.82, 2.24) is 9.97 Å². The maximum Gasteiger partial charge on any atom is 0.172 e. The lowest BCUT2D eigenvalue weighted by Crippen LogP contribution is -2.37. The average molecular weight is 278 g/mol. The van der Waals surface area contributed by atoms with Gasteiger partial charge >= 0.3 is 0 Å². The first kappa shape index (κ1) is 12.6. The van der Waals surface area contributed by atoms with Crippen LogP contribution in [0.2, 0.25) is 5.15 Å². The van der Waals surface area contributed by atoms with E-state index < -0.39 is 0 Å². The fourth-order valence-corrected chi connectivity index (χ4v) is 2.83. The molecule has 1 aliphatic heterocycles. The fourth-order valence-electron chi connectivity index (χ4n) is 2.58. The van der Waals surface area contributed by atoms with Crippen molar-refractivity contribution in [1.29, 1.82) is 0 Å². The second-order valence-electron chi connectivity index (χ2n) is 4.96. The summed E-state index contributed by atoms with van der Waals surface area (Å²) in [5, 5.41) is 9.74. The van der Waals surface area contributed by atoms with Gasteiger partial charge in [0.15, 0.2) is 11.0 Å². The summed E-state index contributed by atoms with van der Waals surface area (Å²) in [6.07, 6.45) is 2.11. The molecule has 2 heterocycles. The number of nitrogens with zero attached hydrogens (tertiary/aromatic N) is 3. The molecule has 0 saturated carbocycles. The van der Waals surface area contributed by atoms with Crippen LogP contribution in [0.25, 0.3) is 11.0 Å². The smallest absolute Gasteiger partial charge is 0.172 e. The Hall–Kier alpha value is -1.39. The number of piperidine rings is 1. The van der Waals surface area contributed by atoms with Gasteiger partial charge in [0.25, 0.3) is 0 Å². The lowest BCUT2D eigenvalue weighted by Gasteiger charge is -2.32. The highest BCUT2D eigenvalue weighted by atomic mass is 35.5. The molecule has 4 nitrogen and oxygen atoms in total. The van der Waals surface area contributed by atoms with Crippen molar-refractivity contribution in [3.05, 3.63) is 29.4 Å². The number of hydrogen-bond donors (Lipinski definition) is 1. The molecule has 5 heteroatoms. The van der Waals surface area contributed by atoms with Crippen LogP contribution >= 0.6 is 11.6 Å². The van der Waals surface area contributed by atoms with Gasteiger partial charge in [-0.25, -0.2) is 9.97 Å². The molecule has 1 saturated heterocycles. The number of rotatable bonds is 2. The summed E-state index contributed by atoms with van der Waals surface area (Å²) in [5.41, 5.74) is 1.67. The zero-order chi connectivity index (χ0) is 13.2. The minimum absolute atomic E-state index is 0.217. The molecule has 100 valence electrons.